The van der Waals surface area contributed by atoms with Crippen LogP contribution < -0.4 is 14.9 Å². The Morgan fingerprint density at radius 1 is 0.841 bits per heavy atom. The molecule has 63 heavy (non-hydrogen) atoms. The van der Waals surface area contributed by atoms with Gasteiger partial charge in [0, 0.05) is 97.4 Å². The van der Waals surface area contributed by atoms with Crippen molar-refractivity contribution in [2.45, 2.75) is 62.2 Å². The highest BCUT2D eigenvalue weighted by atomic mass is 35.5. The molecule has 2 fully saturated rings. The lowest BCUT2D eigenvalue weighted by atomic mass is 9.99. The van der Waals surface area contributed by atoms with Gasteiger partial charge in [-0.3, -0.25) is 24.5 Å². The van der Waals surface area contributed by atoms with Crippen molar-refractivity contribution in [1.82, 2.24) is 14.5 Å². The highest BCUT2D eigenvalue weighted by molar-refractivity contribution is 7.99. The number of carbonyl (C=O) groups excluding carboxylic acids is 1. The average Bonchev–Trinajstić information content (AvgIpc) is 3.32. The third kappa shape index (κ3) is 15.9. The third-order valence-electron chi connectivity index (χ3n) is 10.7. The predicted molar refractivity (Wildman–Crippen MR) is 262 cm³/mol. The smallest absolute Gasteiger partial charge is 0.293 e. The molecule has 2 heterocycles. The van der Waals surface area contributed by atoms with Gasteiger partial charge in [-0.1, -0.05) is 73.1 Å². The van der Waals surface area contributed by atoms with Crippen molar-refractivity contribution in [3.63, 3.8) is 0 Å². The number of nitro benzene ring substituents is 1. The number of aliphatic hydroxyl groups is 1. The lowest BCUT2D eigenvalue weighted by Crippen LogP contribution is -2.46. The lowest BCUT2D eigenvalue weighted by molar-refractivity contribution is -0.384. The Kier molecular flexibility index (Phi) is 20.6. The van der Waals surface area contributed by atoms with Crippen LogP contribution in [-0.2, 0) is 11.3 Å². The predicted octanol–water partition coefficient (Wildman–Crippen LogP) is 10.4. The molecule has 336 valence electrons. The van der Waals surface area contributed by atoms with Crippen molar-refractivity contribution in [1.29, 1.82) is 0 Å². The van der Waals surface area contributed by atoms with E-state index >= 15 is 0 Å². The topological polar surface area (TPSA) is 123 Å². The van der Waals surface area contributed by atoms with E-state index in [1.807, 2.05) is 66.7 Å². The molecule has 0 atom stereocenters. The second-order valence-corrected chi connectivity index (χ2v) is 17.8. The van der Waals surface area contributed by atoms with Crippen LogP contribution in [0.5, 0.6) is 0 Å². The zero-order chi connectivity index (χ0) is 45.0. The van der Waals surface area contributed by atoms with Gasteiger partial charge in [0.1, 0.15) is 5.69 Å². The first-order chi connectivity index (χ1) is 30.6. The Labute approximate surface area is 386 Å². The van der Waals surface area contributed by atoms with E-state index in [9.17, 15) is 14.9 Å². The number of hydrogen-bond acceptors (Lipinski definition) is 11. The van der Waals surface area contributed by atoms with Crippen molar-refractivity contribution >= 4 is 58.3 Å². The molecule has 3 N–H and O–H groups in total. The molecule has 5 aromatic carbocycles. The third-order valence-corrected chi connectivity index (χ3v) is 12.8. The average molecular weight is 914 g/mol. The first kappa shape index (κ1) is 49.4. The van der Waals surface area contributed by atoms with Crippen LogP contribution in [-0.4, -0.2) is 103 Å². The molecule has 1 amide bonds. The molecule has 7 rings (SSSR count). The van der Waals surface area contributed by atoms with E-state index in [-0.39, 0.29) is 11.6 Å². The van der Waals surface area contributed by atoms with Crippen LogP contribution in [0.25, 0.3) is 11.1 Å². The Morgan fingerprint density at radius 2 is 1.51 bits per heavy atom. The number of carbonyl (C=O) groups is 1. The molecule has 5 aromatic rings. The van der Waals surface area contributed by atoms with Crippen molar-refractivity contribution in [2.75, 3.05) is 75.4 Å². The summed E-state index contributed by atoms with van der Waals surface area (Å²) in [5, 5.41) is 22.7. The highest BCUT2D eigenvalue weighted by Crippen LogP contribution is 2.31. The molecule has 0 radical (unpaired) electrons. The number of amides is 1. The fraction of sp³-hybridized carbons (Fsp3) is 0.367. The Balaban J connectivity index is 0.000000459. The van der Waals surface area contributed by atoms with E-state index in [2.05, 4.69) is 81.9 Å². The lowest BCUT2D eigenvalue weighted by Gasteiger charge is -2.36. The maximum absolute atomic E-state index is 12.9. The number of likely N-dealkylation sites (tertiary alicyclic amines) is 1. The minimum Gasteiger partial charge on any atom is -0.400 e. The number of nitrogens with zero attached hydrogens (tertiary/aromatic N) is 4. The standard InChI is InChI=1S/C38H36ClN5O3S2.C10H21NO.CH4O/c39-31-14-10-28(11-15-31)35-9-5-4-6-30(35)27-42-21-23-43(24-22-42)32-16-12-29(13-17-32)38(45)41-49-34-18-19-36(37(26-34)44(46)47)40-20-25-48-33-7-2-1-3-8-33;1-4-11-7-5-10(6-8-11)12-9(2)3;1-2/h1-19,26,40H,20-25,27H2,(H,41,45);9-10H,4-8H2,1-3H3;2H,1H3. The fourth-order valence-electron chi connectivity index (χ4n) is 7.46. The molecule has 0 bridgehead atoms. The van der Waals surface area contributed by atoms with Gasteiger partial charge in [0.2, 0.25) is 0 Å². The van der Waals surface area contributed by atoms with E-state index < -0.39 is 4.92 Å². The Bertz CT molecular complexity index is 2130. The van der Waals surface area contributed by atoms with E-state index in [0.717, 1.165) is 78.7 Å². The molecule has 2 aliphatic heterocycles. The van der Waals surface area contributed by atoms with Gasteiger partial charge in [0.15, 0.2) is 0 Å². The van der Waals surface area contributed by atoms with Gasteiger partial charge < -0.3 is 25.0 Å². The fourth-order valence-corrected chi connectivity index (χ4v) is 9.01. The molecular formula is C49H61ClN6O5S2. The summed E-state index contributed by atoms with van der Waals surface area (Å²) < 4.78 is 8.58. The summed E-state index contributed by atoms with van der Waals surface area (Å²) in [6.07, 6.45) is 3.34. The van der Waals surface area contributed by atoms with Crippen LogP contribution in [0, 0.1) is 10.1 Å². The molecule has 2 saturated heterocycles. The van der Waals surface area contributed by atoms with E-state index in [1.54, 1.807) is 23.9 Å². The summed E-state index contributed by atoms with van der Waals surface area (Å²) in [6.45, 7) is 15.2. The second-order valence-electron chi connectivity index (χ2n) is 15.4. The minimum atomic E-state index is -0.405. The van der Waals surface area contributed by atoms with Gasteiger partial charge in [-0.15, -0.1) is 11.8 Å². The van der Waals surface area contributed by atoms with Gasteiger partial charge >= 0.3 is 0 Å². The van der Waals surface area contributed by atoms with Crippen LogP contribution in [0.15, 0.2) is 131 Å². The zero-order valence-electron chi connectivity index (χ0n) is 36.8. The number of anilines is 2. The first-order valence-corrected chi connectivity index (χ1v) is 23.7. The number of thioether (sulfide) groups is 1. The molecule has 2 aliphatic rings. The number of ether oxygens (including phenoxy) is 1. The monoisotopic (exact) mass is 912 g/mol. The number of nitro groups is 1. The van der Waals surface area contributed by atoms with Crippen LogP contribution in [0.2, 0.25) is 5.02 Å². The number of halogens is 1. The van der Waals surface area contributed by atoms with Crippen LogP contribution in [0.3, 0.4) is 0 Å². The molecule has 0 saturated carbocycles. The van der Waals surface area contributed by atoms with Crippen molar-refractivity contribution in [2.24, 2.45) is 0 Å². The van der Waals surface area contributed by atoms with Gasteiger partial charge in [-0.2, -0.15) is 0 Å². The molecule has 0 aromatic heterocycles. The molecule has 0 unspecified atom stereocenters. The SMILES string of the molecule is CCN1CCC(OC(C)C)CC1.CO.O=C(NSc1ccc(NCCSc2ccccc2)c([N+](=O)[O-])c1)c1ccc(N2CCN(Cc3ccccc3-c3ccc(Cl)cc3)CC2)cc1. The van der Waals surface area contributed by atoms with Crippen LogP contribution in [0.1, 0.15) is 49.5 Å². The Morgan fingerprint density at radius 3 is 2.16 bits per heavy atom. The maximum atomic E-state index is 12.9. The summed E-state index contributed by atoms with van der Waals surface area (Å²) in [6, 6.07) is 39.1. The summed E-state index contributed by atoms with van der Waals surface area (Å²) in [5.74, 6) is 0.507. The summed E-state index contributed by atoms with van der Waals surface area (Å²) in [4.78, 5) is 33.3. The van der Waals surface area contributed by atoms with Crippen molar-refractivity contribution < 1.29 is 19.6 Å². The zero-order valence-corrected chi connectivity index (χ0v) is 39.1. The minimum absolute atomic E-state index is 0.0285. The van der Waals surface area contributed by atoms with E-state index in [0.29, 0.717) is 34.9 Å². The number of hydrogen-bond donors (Lipinski definition) is 3. The molecule has 11 nitrogen and oxygen atoms in total. The van der Waals surface area contributed by atoms with Gasteiger partial charge in [0.25, 0.3) is 11.6 Å². The molecule has 0 aliphatic carbocycles. The highest BCUT2D eigenvalue weighted by Gasteiger charge is 2.21. The Hall–Kier alpha value is -4.60. The van der Waals surface area contributed by atoms with Gasteiger partial charge in [0.05, 0.1) is 17.1 Å². The molecule has 14 heteroatoms. The van der Waals surface area contributed by atoms with Gasteiger partial charge in [-0.25, -0.2) is 0 Å². The number of piperidine rings is 1. The van der Waals surface area contributed by atoms with Gasteiger partial charge in [-0.05, 0) is 123 Å². The second kappa shape index (κ2) is 26.3. The van der Waals surface area contributed by atoms with Crippen LogP contribution in [0.4, 0.5) is 17.1 Å². The quantitative estimate of drug-likeness (QED) is 0.0288. The summed E-state index contributed by atoms with van der Waals surface area (Å²) in [7, 11) is 1.00. The number of benzene rings is 5. The number of rotatable bonds is 16. The first-order valence-electron chi connectivity index (χ1n) is 21.6. The van der Waals surface area contributed by atoms with E-state index in [4.69, 9.17) is 21.4 Å². The summed E-state index contributed by atoms with van der Waals surface area (Å²) in [5.41, 5.74) is 5.71. The number of nitrogens with one attached hydrogen (secondary N) is 2. The normalized spacial score (nSPS) is 14.6. The number of aliphatic hydroxyl groups excluding tert-OH is 1. The van der Waals surface area contributed by atoms with Crippen molar-refractivity contribution in [3.8, 4) is 11.1 Å². The largest absolute Gasteiger partial charge is 0.400 e. The summed E-state index contributed by atoms with van der Waals surface area (Å²) >= 11 is 8.86. The number of piperazine rings is 1. The maximum Gasteiger partial charge on any atom is 0.293 e. The molecule has 0 spiro atoms. The van der Waals surface area contributed by atoms with Crippen LogP contribution >= 0.6 is 35.3 Å². The molecular weight excluding hydrogens is 852 g/mol. The van der Waals surface area contributed by atoms with Crippen molar-refractivity contribution in [3.05, 3.63) is 148 Å². The van der Waals surface area contributed by atoms with E-state index in [1.165, 1.54) is 49.7 Å².